The first-order valence-electron chi connectivity index (χ1n) is 5.65. The summed E-state index contributed by atoms with van der Waals surface area (Å²) in [4.78, 5) is 0. The van der Waals surface area contributed by atoms with E-state index in [1.54, 1.807) is 0 Å². The van der Waals surface area contributed by atoms with Crippen molar-refractivity contribution in [3.05, 3.63) is 0 Å². The molecule has 1 saturated carbocycles. The molecule has 2 aliphatic rings. The zero-order valence-electron chi connectivity index (χ0n) is 8.75. The van der Waals surface area contributed by atoms with Crippen LogP contribution in [-0.2, 0) is 4.74 Å². The van der Waals surface area contributed by atoms with Gasteiger partial charge in [0.05, 0.1) is 6.10 Å². The lowest BCUT2D eigenvalue weighted by atomic mass is 9.80. The normalized spacial score (nSPS) is 37.4. The molecule has 3 unspecified atom stereocenters. The maximum atomic E-state index is 5.54. The summed E-state index contributed by atoms with van der Waals surface area (Å²) >= 11 is 0. The quantitative estimate of drug-likeness (QED) is 0.722. The van der Waals surface area contributed by atoms with Gasteiger partial charge < -0.3 is 10.1 Å². The SMILES string of the molecule is CC(NC1CCOC1C)C1CCC1. The second-order valence-electron chi connectivity index (χ2n) is 4.62. The van der Waals surface area contributed by atoms with Crippen LogP contribution in [0.15, 0.2) is 0 Å². The van der Waals surface area contributed by atoms with Gasteiger partial charge in [-0.25, -0.2) is 0 Å². The average molecular weight is 183 g/mol. The Labute approximate surface area is 81.0 Å². The van der Waals surface area contributed by atoms with Gasteiger partial charge in [-0.2, -0.15) is 0 Å². The molecule has 0 aromatic carbocycles. The van der Waals surface area contributed by atoms with E-state index < -0.39 is 0 Å². The summed E-state index contributed by atoms with van der Waals surface area (Å²) in [6.07, 6.45) is 5.90. The number of nitrogens with one attached hydrogen (secondary N) is 1. The fourth-order valence-electron chi connectivity index (χ4n) is 2.36. The van der Waals surface area contributed by atoms with E-state index in [1.807, 2.05) is 0 Å². The summed E-state index contributed by atoms with van der Waals surface area (Å²) in [5.74, 6) is 0.938. The molecule has 0 aromatic rings. The highest BCUT2D eigenvalue weighted by Gasteiger charge is 2.29. The number of hydrogen-bond donors (Lipinski definition) is 1. The number of hydrogen-bond acceptors (Lipinski definition) is 2. The topological polar surface area (TPSA) is 21.3 Å². The van der Waals surface area contributed by atoms with Crippen molar-refractivity contribution < 1.29 is 4.74 Å². The zero-order chi connectivity index (χ0) is 9.26. The Balaban J connectivity index is 1.75. The molecule has 2 rings (SSSR count). The molecule has 1 saturated heterocycles. The molecular weight excluding hydrogens is 162 g/mol. The largest absolute Gasteiger partial charge is 0.377 e. The molecule has 3 atom stereocenters. The molecule has 1 aliphatic carbocycles. The van der Waals surface area contributed by atoms with Gasteiger partial charge in [0.25, 0.3) is 0 Å². The highest BCUT2D eigenvalue weighted by atomic mass is 16.5. The molecule has 76 valence electrons. The second-order valence-corrected chi connectivity index (χ2v) is 4.62. The van der Waals surface area contributed by atoms with E-state index in [1.165, 1.54) is 25.7 Å². The Morgan fingerprint density at radius 3 is 2.54 bits per heavy atom. The van der Waals surface area contributed by atoms with E-state index in [9.17, 15) is 0 Å². The zero-order valence-corrected chi connectivity index (χ0v) is 8.75. The van der Waals surface area contributed by atoms with Crippen LogP contribution in [0.5, 0.6) is 0 Å². The summed E-state index contributed by atoms with van der Waals surface area (Å²) in [6.45, 7) is 5.45. The van der Waals surface area contributed by atoms with Crippen LogP contribution < -0.4 is 5.32 Å². The van der Waals surface area contributed by atoms with Crippen LogP contribution in [0.2, 0.25) is 0 Å². The summed E-state index contributed by atoms with van der Waals surface area (Å²) in [5, 5.41) is 3.71. The molecule has 0 aromatic heterocycles. The van der Waals surface area contributed by atoms with Gasteiger partial charge in [0, 0.05) is 18.7 Å². The molecule has 0 spiro atoms. The van der Waals surface area contributed by atoms with Crippen LogP contribution in [0.4, 0.5) is 0 Å². The fourth-order valence-corrected chi connectivity index (χ4v) is 2.36. The lowest BCUT2D eigenvalue weighted by molar-refractivity contribution is 0.106. The summed E-state index contributed by atoms with van der Waals surface area (Å²) in [6, 6.07) is 1.30. The van der Waals surface area contributed by atoms with Crippen molar-refractivity contribution in [2.75, 3.05) is 6.61 Å². The predicted octanol–water partition coefficient (Wildman–Crippen LogP) is 1.94. The van der Waals surface area contributed by atoms with Crippen LogP contribution in [0.25, 0.3) is 0 Å². The lowest BCUT2D eigenvalue weighted by Gasteiger charge is -2.34. The first-order chi connectivity index (χ1) is 6.27. The summed E-state index contributed by atoms with van der Waals surface area (Å²) < 4.78 is 5.54. The highest BCUT2D eigenvalue weighted by molar-refractivity contribution is 4.86. The highest BCUT2D eigenvalue weighted by Crippen LogP contribution is 2.30. The molecule has 1 heterocycles. The fraction of sp³-hybridized carbons (Fsp3) is 1.00. The van der Waals surface area contributed by atoms with Crippen molar-refractivity contribution in [3.8, 4) is 0 Å². The molecule has 1 aliphatic heterocycles. The van der Waals surface area contributed by atoms with Crippen LogP contribution in [0.3, 0.4) is 0 Å². The van der Waals surface area contributed by atoms with E-state index in [2.05, 4.69) is 19.2 Å². The Hall–Kier alpha value is -0.0800. The first kappa shape index (κ1) is 9.47. The summed E-state index contributed by atoms with van der Waals surface area (Å²) in [5.41, 5.74) is 0. The minimum Gasteiger partial charge on any atom is -0.377 e. The molecule has 2 fully saturated rings. The molecule has 1 N–H and O–H groups in total. The van der Waals surface area contributed by atoms with Gasteiger partial charge in [0.1, 0.15) is 0 Å². The van der Waals surface area contributed by atoms with Gasteiger partial charge in [0.2, 0.25) is 0 Å². The molecule has 13 heavy (non-hydrogen) atoms. The van der Waals surface area contributed by atoms with E-state index in [4.69, 9.17) is 4.74 Å². The molecule has 2 nitrogen and oxygen atoms in total. The first-order valence-corrected chi connectivity index (χ1v) is 5.65. The molecule has 0 amide bonds. The number of rotatable bonds is 3. The molecular formula is C11H21NO. The predicted molar refractivity (Wildman–Crippen MR) is 53.8 cm³/mol. The van der Waals surface area contributed by atoms with Crippen LogP contribution in [-0.4, -0.2) is 24.8 Å². The number of ether oxygens (including phenoxy) is 1. The standard InChI is InChI=1S/C11H21NO/c1-8(10-4-3-5-10)12-11-6-7-13-9(11)2/h8-12H,3-7H2,1-2H3. The van der Waals surface area contributed by atoms with E-state index in [0.29, 0.717) is 18.2 Å². The van der Waals surface area contributed by atoms with Crippen molar-refractivity contribution in [1.29, 1.82) is 0 Å². The van der Waals surface area contributed by atoms with Gasteiger partial charge in [-0.05, 0) is 39.0 Å². The van der Waals surface area contributed by atoms with Crippen LogP contribution in [0, 0.1) is 5.92 Å². The monoisotopic (exact) mass is 183 g/mol. The van der Waals surface area contributed by atoms with Gasteiger partial charge >= 0.3 is 0 Å². The van der Waals surface area contributed by atoms with Gasteiger partial charge in [-0.1, -0.05) is 6.42 Å². The van der Waals surface area contributed by atoms with Crippen molar-refractivity contribution in [3.63, 3.8) is 0 Å². The maximum absolute atomic E-state index is 5.54. The maximum Gasteiger partial charge on any atom is 0.0700 e. The molecule has 0 radical (unpaired) electrons. The van der Waals surface area contributed by atoms with Crippen molar-refractivity contribution in [2.24, 2.45) is 5.92 Å². The van der Waals surface area contributed by atoms with Gasteiger partial charge in [0.15, 0.2) is 0 Å². The minimum absolute atomic E-state index is 0.419. The lowest BCUT2D eigenvalue weighted by Crippen LogP contribution is -2.45. The van der Waals surface area contributed by atoms with Crippen molar-refractivity contribution >= 4 is 0 Å². The smallest absolute Gasteiger partial charge is 0.0700 e. The van der Waals surface area contributed by atoms with Crippen molar-refractivity contribution in [1.82, 2.24) is 5.32 Å². The van der Waals surface area contributed by atoms with E-state index >= 15 is 0 Å². The molecule has 2 heteroatoms. The van der Waals surface area contributed by atoms with Crippen molar-refractivity contribution in [2.45, 2.75) is 57.7 Å². The minimum atomic E-state index is 0.419. The Morgan fingerprint density at radius 2 is 2.08 bits per heavy atom. The third-order valence-electron chi connectivity index (χ3n) is 3.71. The third kappa shape index (κ3) is 2.05. The summed E-state index contributed by atoms with van der Waals surface area (Å²) in [7, 11) is 0. The van der Waals surface area contributed by atoms with E-state index in [0.717, 1.165) is 12.5 Å². The van der Waals surface area contributed by atoms with Crippen LogP contribution in [0.1, 0.15) is 39.5 Å². The average Bonchev–Trinajstić information content (AvgIpc) is 2.32. The Morgan fingerprint density at radius 1 is 1.31 bits per heavy atom. The van der Waals surface area contributed by atoms with Crippen LogP contribution >= 0.6 is 0 Å². The Kier molecular flexibility index (Phi) is 2.89. The second kappa shape index (κ2) is 3.97. The third-order valence-corrected chi connectivity index (χ3v) is 3.71. The molecule has 0 bridgehead atoms. The van der Waals surface area contributed by atoms with Gasteiger partial charge in [-0.3, -0.25) is 0 Å². The van der Waals surface area contributed by atoms with E-state index in [-0.39, 0.29) is 0 Å². The van der Waals surface area contributed by atoms with Gasteiger partial charge in [-0.15, -0.1) is 0 Å². The Bertz CT molecular complexity index is 167.